The fraction of sp³-hybridized carbons (Fsp3) is 0.370. The highest BCUT2D eigenvalue weighted by Crippen LogP contribution is 2.39. The molecule has 1 aliphatic heterocycles. The van der Waals surface area contributed by atoms with Gasteiger partial charge in [0, 0.05) is 42.4 Å². The number of piperidine rings is 1. The molecule has 6 heteroatoms. The smallest absolute Gasteiger partial charge is 0.236 e. The highest BCUT2D eigenvalue weighted by atomic mass is 16.3. The van der Waals surface area contributed by atoms with Crippen LogP contribution in [0.3, 0.4) is 0 Å². The van der Waals surface area contributed by atoms with E-state index in [1.54, 1.807) is 13.0 Å². The van der Waals surface area contributed by atoms with Gasteiger partial charge in [-0.15, -0.1) is 13.2 Å². The Hall–Kier alpha value is -3.09. The van der Waals surface area contributed by atoms with Crippen molar-refractivity contribution in [2.45, 2.75) is 51.2 Å². The Morgan fingerprint density at radius 3 is 2.39 bits per heavy atom. The van der Waals surface area contributed by atoms with Crippen LogP contribution in [0.2, 0.25) is 0 Å². The molecule has 0 radical (unpaired) electrons. The molecule has 1 amide bonds. The van der Waals surface area contributed by atoms with E-state index in [9.17, 15) is 15.0 Å². The number of likely N-dealkylation sites (tertiary alicyclic amines) is 1. The predicted molar refractivity (Wildman–Crippen MR) is 133 cm³/mol. The molecule has 5 N–H and O–H groups in total. The van der Waals surface area contributed by atoms with Crippen LogP contribution in [0.15, 0.2) is 55.6 Å². The number of amides is 1. The van der Waals surface area contributed by atoms with Crippen LogP contribution in [-0.4, -0.2) is 46.2 Å². The molecule has 0 saturated carbocycles. The normalized spacial score (nSPS) is 15.7. The second kappa shape index (κ2) is 11.2. The number of phenolic OH excluding ortho intramolecular Hbond substituents is 2. The van der Waals surface area contributed by atoms with Crippen molar-refractivity contribution < 1.29 is 15.0 Å². The molecule has 0 aliphatic carbocycles. The van der Waals surface area contributed by atoms with E-state index in [1.807, 2.05) is 36.4 Å². The monoisotopic (exact) mass is 449 g/mol. The Kier molecular flexibility index (Phi) is 8.31. The van der Waals surface area contributed by atoms with Crippen molar-refractivity contribution in [3.05, 3.63) is 72.3 Å². The third kappa shape index (κ3) is 6.24. The maximum atomic E-state index is 11.9. The van der Waals surface area contributed by atoms with Gasteiger partial charge in [0.25, 0.3) is 0 Å². The fourth-order valence-corrected chi connectivity index (χ4v) is 4.27. The van der Waals surface area contributed by atoms with Crippen LogP contribution in [-0.2, 0) is 24.2 Å². The van der Waals surface area contributed by atoms with Crippen molar-refractivity contribution in [2.75, 3.05) is 13.1 Å². The zero-order valence-corrected chi connectivity index (χ0v) is 19.4. The lowest BCUT2D eigenvalue weighted by atomic mass is 9.94. The van der Waals surface area contributed by atoms with Crippen LogP contribution in [0, 0.1) is 0 Å². The van der Waals surface area contributed by atoms with Gasteiger partial charge in [0.2, 0.25) is 5.91 Å². The highest BCUT2D eigenvalue weighted by molar-refractivity contribution is 5.81. The maximum Gasteiger partial charge on any atom is 0.236 e. The molecule has 0 aromatic heterocycles. The molecule has 1 fully saturated rings. The first-order chi connectivity index (χ1) is 15.8. The van der Waals surface area contributed by atoms with E-state index >= 15 is 0 Å². The van der Waals surface area contributed by atoms with Crippen LogP contribution >= 0.6 is 0 Å². The summed E-state index contributed by atoms with van der Waals surface area (Å²) in [5, 5.41) is 24.7. The first-order valence-corrected chi connectivity index (χ1v) is 11.5. The van der Waals surface area contributed by atoms with E-state index in [-0.39, 0.29) is 23.4 Å². The van der Waals surface area contributed by atoms with Crippen LogP contribution in [0.1, 0.15) is 36.5 Å². The molecule has 33 heavy (non-hydrogen) atoms. The lowest BCUT2D eigenvalue weighted by Crippen LogP contribution is -2.48. The number of benzene rings is 2. The first kappa shape index (κ1) is 24.6. The quantitative estimate of drug-likeness (QED) is 0.438. The van der Waals surface area contributed by atoms with Crippen molar-refractivity contribution in [1.82, 2.24) is 10.2 Å². The molecule has 0 unspecified atom stereocenters. The minimum Gasteiger partial charge on any atom is -0.507 e. The van der Waals surface area contributed by atoms with Crippen LogP contribution in [0.5, 0.6) is 11.5 Å². The number of phenols is 2. The lowest BCUT2D eigenvalue weighted by molar-refractivity contribution is -0.123. The number of aromatic hydroxyl groups is 2. The number of hydrogen-bond donors (Lipinski definition) is 4. The van der Waals surface area contributed by atoms with Gasteiger partial charge in [0.05, 0.1) is 6.04 Å². The van der Waals surface area contributed by atoms with Gasteiger partial charge in [0.15, 0.2) is 0 Å². The van der Waals surface area contributed by atoms with E-state index in [2.05, 4.69) is 23.4 Å². The minimum absolute atomic E-state index is 0.119. The Morgan fingerprint density at radius 2 is 1.76 bits per heavy atom. The molecular formula is C27H35N3O3. The highest BCUT2D eigenvalue weighted by Gasteiger charge is 2.23. The Labute approximate surface area is 196 Å². The molecule has 2 aromatic rings. The maximum absolute atomic E-state index is 11.9. The summed E-state index contributed by atoms with van der Waals surface area (Å²) in [6, 6.07) is 8.97. The van der Waals surface area contributed by atoms with E-state index in [0.29, 0.717) is 30.5 Å². The van der Waals surface area contributed by atoms with Crippen molar-refractivity contribution >= 4 is 5.91 Å². The standard InChI is InChI=1S/C27H35N3O3/c1-4-6-19-8-9-25(31)23(15-19)24-16-20(7-5-2)14-21(26(24)32)17-30-12-10-22(11-13-30)29-27(33)18(3)28/h4-5,8-9,14-16,18,22,31-32H,1-2,6-7,10-13,17,28H2,3H3,(H,29,33)/t18-/m1/s1. The molecule has 3 rings (SSSR count). The summed E-state index contributed by atoms with van der Waals surface area (Å²) in [4.78, 5) is 14.2. The van der Waals surface area contributed by atoms with Crippen molar-refractivity contribution in [1.29, 1.82) is 0 Å². The number of nitrogens with two attached hydrogens (primary N) is 1. The van der Waals surface area contributed by atoms with Crippen molar-refractivity contribution in [3.63, 3.8) is 0 Å². The summed E-state index contributed by atoms with van der Waals surface area (Å²) in [5.74, 6) is 0.193. The summed E-state index contributed by atoms with van der Waals surface area (Å²) in [7, 11) is 0. The van der Waals surface area contributed by atoms with Gasteiger partial charge in [-0.1, -0.05) is 24.3 Å². The average molecular weight is 450 g/mol. The third-order valence-corrected chi connectivity index (χ3v) is 6.10. The summed E-state index contributed by atoms with van der Waals surface area (Å²) >= 11 is 0. The van der Waals surface area contributed by atoms with Crippen LogP contribution in [0.4, 0.5) is 0 Å². The summed E-state index contributed by atoms with van der Waals surface area (Å²) in [5.41, 5.74) is 9.74. The number of rotatable bonds is 9. The van der Waals surface area contributed by atoms with E-state index in [4.69, 9.17) is 5.73 Å². The SMILES string of the molecule is C=CCc1ccc(O)c(-c2cc(CC=C)cc(CN3CCC(NC(=O)[C@@H](C)N)CC3)c2O)c1. The molecular weight excluding hydrogens is 414 g/mol. The number of carbonyl (C=O) groups excluding carboxylic acids is 1. The lowest BCUT2D eigenvalue weighted by Gasteiger charge is -2.33. The Bertz CT molecular complexity index is 1010. The minimum atomic E-state index is -0.507. The van der Waals surface area contributed by atoms with Crippen molar-refractivity contribution in [3.8, 4) is 22.6 Å². The van der Waals surface area contributed by atoms with Crippen LogP contribution in [0.25, 0.3) is 11.1 Å². The largest absolute Gasteiger partial charge is 0.507 e. The van der Waals surface area contributed by atoms with Gasteiger partial charge in [0.1, 0.15) is 11.5 Å². The second-order valence-electron chi connectivity index (χ2n) is 8.84. The Balaban J connectivity index is 1.83. The summed E-state index contributed by atoms with van der Waals surface area (Å²) < 4.78 is 0. The average Bonchev–Trinajstić information content (AvgIpc) is 2.79. The third-order valence-electron chi connectivity index (χ3n) is 6.10. The van der Waals surface area contributed by atoms with Gasteiger partial charge in [-0.25, -0.2) is 0 Å². The molecule has 0 bridgehead atoms. The molecule has 0 spiro atoms. The summed E-state index contributed by atoms with van der Waals surface area (Å²) in [6.45, 7) is 11.5. The zero-order chi connectivity index (χ0) is 24.0. The van der Waals surface area contributed by atoms with Crippen LogP contribution < -0.4 is 11.1 Å². The number of allylic oxidation sites excluding steroid dienone is 2. The van der Waals surface area contributed by atoms with Gasteiger partial charge < -0.3 is 21.3 Å². The molecule has 1 atom stereocenters. The Morgan fingerprint density at radius 1 is 1.12 bits per heavy atom. The number of nitrogens with zero attached hydrogens (tertiary/aromatic N) is 1. The van der Waals surface area contributed by atoms with Gasteiger partial charge >= 0.3 is 0 Å². The fourth-order valence-electron chi connectivity index (χ4n) is 4.27. The van der Waals surface area contributed by atoms with Gasteiger partial charge in [-0.3, -0.25) is 9.69 Å². The summed E-state index contributed by atoms with van der Waals surface area (Å²) in [6.07, 6.45) is 6.67. The molecule has 6 nitrogen and oxygen atoms in total. The van der Waals surface area contributed by atoms with E-state index in [1.165, 1.54) is 0 Å². The van der Waals surface area contributed by atoms with Crippen molar-refractivity contribution in [2.24, 2.45) is 5.73 Å². The number of hydrogen-bond acceptors (Lipinski definition) is 5. The number of nitrogens with one attached hydrogen (secondary N) is 1. The first-order valence-electron chi connectivity index (χ1n) is 11.5. The topological polar surface area (TPSA) is 98.8 Å². The molecule has 1 aliphatic rings. The van der Waals surface area contributed by atoms with Gasteiger partial charge in [-0.2, -0.15) is 0 Å². The zero-order valence-electron chi connectivity index (χ0n) is 19.4. The molecule has 176 valence electrons. The van der Waals surface area contributed by atoms with E-state index in [0.717, 1.165) is 42.6 Å². The molecule has 2 aromatic carbocycles. The molecule has 1 heterocycles. The van der Waals surface area contributed by atoms with Gasteiger partial charge in [-0.05, 0) is 61.9 Å². The predicted octanol–water partition coefficient (Wildman–Crippen LogP) is 3.65. The second-order valence-corrected chi connectivity index (χ2v) is 8.84. The van der Waals surface area contributed by atoms with E-state index < -0.39 is 6.04 Å². The molecule has 1 saturated heterocycles. The number of carbonyl (C=O) groups is 1.